The third-order valence-electron chi connectivity index (χ3n) is 5.21. The zero-order valence-corrected chi connectivity index (χ0v) is 15.7. The summed E-state index contributed by atoms with van der Waals surface area (Å²) in [6.07, 6.45) is -2.76. The lowest BCUT2D eigenvalue weighted by Crippen LogP contribution is -2.46. The van der Waals surface area contributed by atoms with Gasteiger partial charge in [0.1, 0.15) is 18.0 Å². The van der Waals surface area contributed by atoms with Crippen molar-refractivity contribution in [2.45, 2.75) is 26.6 Å². The molecule has 1 aliphatic rings. The van der Waals surface area contributed by atoms with Gasteiger partial charge in [-0.2, -0.15) is 13.2 Å². The quantitative estimate of drug-likeness (QED) is 0.744. The molecule has 2 aromatic heterocycles. The van der Waals surface area contributed by atoms with Crippen LogP contribution in [-0.2, 0) is 12.7 Å². The fourth-order valence-corrected chi connectivity index (χ4v) is 3.49. The van der Waals surface area contributed by atoms with Crippen molar-refractivity contribution in [2.75, 3.05) is 31.1 Å². The fourth-order valence-electron chi connectivity index (χ4n) is 3.49. The molecule has 0 bridgehead atoms. The van der Waals surface area contributed by atoms with Gasteiger partial charge in [0.05, 0.1) is 23.1 Å². The Balaban J connectivity index is 1.43. The van der Waals surface area contributed by atoms with Gasteiger partial charge in [-0.3, -0.25) is 4.90 Å². The van der Waals surface area contributed by atoms with Crippen LogP contribution in [0.3, 0.4) is 0 Å². The average Bonchev–Trinajstić information content (AvgIpc) is 3.05. The Morgan fingerprint density at radius 3 is 2.54 bits per heavy atom. The first-order valence-electron chi connectivity index (χ1n) is 9.12. The summed E-state index contributed by atoms with van der Waals surface area (Å²) >= 11 is 0. The Labute approximate surface area is 160 Å². The lowest BCUT2D eigenvalue weighted by atomic mass is 10.2. The summed E-state index contributed by atoms with van der Waals surface area (Å²) in [5.74, 6) is 1.65. The summed E-state index contributed by atoms with van der Waals surface area (Å²) in [6, 6.07) is 3.60. The zero-order chi connectivity index (χ0) is 19.9. The van der Waals surface area contributed by atoms with E-state index in [0.29, 0.717) is 23.4 Å². The first-order chi connectivity index (χ1) is 13.3. The summed E-state index contributed by atoms with van der Waals surface area (Å²) in [4.78, 5) is 20.6. The molecule has 0 saturated carbocycles. The van der Waals surface area contributed by atoms with Crippen LogP contribution in [0.4, 0.5) is 19.0 Å². The van der Waals surface area contributed by atoms with E-state index in [0.717, 1.165) is 55.4 Å². The number of aromatic amines is 1. The minimum Gasteiger partial charge on any atom is -0.354 e. The summed E-state index contributed by atoms with van der Waals surface area (Å²) < 4.78 is 38.6. The number of aromatic nitrogens is 4. The standard InChI is InChI=1S/C19H21F3N6/c1-12-13(2)23-11-24-18(12)28-7-5-27(6-8-28)10-17-25-15-4-3-14(19(20,21)22)9-16(15)26-17/h3-4,9,11H,5-8,10H2,1-2H3,(H,25,26). The molecule has 3 heterocycles. The lowest BCUT2D eigenvalue weighted by Gasteiger charge is -2.35. The minimum absolute atomic E-state index is 0.413. The summed E-state index contributed by atoms with van der Waals surface area (Å²) in [5, 5.41) is 0. The Kier molecular flexibility index (Phi) is 4.70. The predicted molar refractivity (Wildman–Crippen MR) is 100 cm³/mol. The van der Waals surface area contributed by atoms with Gasteiger partial charge in [-0.15, -0.1) is 0 Å². The summed E-state index contributed by atoms with van der Waals surface area (Å²) in [5.41, 5.74) is 2.37. The van der Waals surface area contributed by atoms with Crippen LogP contribution in [0, 0.1) is 13.8 Å². The van der Waals surface area contributed by atoms with Crippen molar-refractivity contribution in [3.63, 3.8) is 0 Å². The molecular weight excluding hydrogens is 369 g/mol. The van der Waals surface area contributed by atoms with E-state index in [1.807, 2.05) is 13.8 Å². The van der Waals surface area contributed by atoms with Gasteiger partial charge in [-0.1, -0.05) is 0 Å². The number of aryl methyl sites for hydroxylation is 1. The number of hydrogen-bond acceptors (Lipinski definition) is 5. The highest BCUT2D eigenvalue weighted by Crippen LogP contribution is 2.31. The zero-order valence-electron chi connectivity index (χ0n) is 15.7. The molecule has 0 amide bonds. The molecule has 0 aliphatic carbocycles. The Morgan fingerprint density at radius 1 is 1.07 bits per heavy atom. The van der Waals surface area contributed by atoms with Gasteiger partial charge in [-0.05, 0) is 32.0 Å². The van der Waals surface area contributed by atoms with E-state index >= 15 is 0 Å². The lowest BCUT2D eigenvalue weighted by molar-refractivity contribution is -0.137. The van der Waals surface area contributed by atoms with Crippen molar-refractivity contribution in [3.05, 3.63) is 47.2 Å². The van der Waals surface area contributed by atoms with Gasteiger partial charge in [0.2, 0.25) is 0 Å². The van der Waals surface area contributed by atoms with Crippen molar-refractivity contribution in [3.8, 4) is 0 Å². The Morgan fingerprint density at radius 2 is 1.82 bits per heavy atom. The van der Waals surface area contributed by atoms with Gasteiger partial charge < -0.3 is 9.88 Å². The first-order valence-corrected chi connectivity index (χ1v) is 9.12. The van der Waals surface area contributed by atoms with Gasteiger partial charge in [0.15, 0.2) is 0 Å². The van der Waals surface area contributed by atoms with Crippen LogP contribution in [0.25, 0.3) is 11.0 Å². The van der Waals surface area contributed by atoms with Crippen molar-refractivity contribution in [1.82, 2.24) is 24.8 Å². The Bertz CT molecular complexity index is 989. The molecule has 0 atom stereocenters. The number of H-pyrrole nitrogens is 1. The van der Waals surface area contributed by atoms with Crippen molar-refractivity contribution >= 4 is 16.9 Å². The second-order valence-electron chi connectivity index (χ2n) is 7.08. The van der Waals surface area contributed by atoms with Crippen LogP contribution < -0.4 is 4.90 Å². The molecule has 1 saturated heterocycles. The SMILES string of the molecule is Cc1ncnc(N2CCN(Cc3nc4ccc(C(F)(F)F)cc4[nH]3)CC2)c1C. The molecule has 1 fully saturated rings. The monoisotopic (exact) mass is 390 g/mol. The smallest absolute Gasteiger partial charge is 0.354 e. The van der Waals surface area contributed by atoms with E-state index in [-0.39, 0.29) is 0 Å². The average molecular weight is 390 g/mol. The van der Waals surface area contributed by atoms with Crippen LogP contribution in [0.15, 0.2) is 24.5 Å². The number of benzene rings is 1. The molecule has 1 aromatic carbocycles. The maximum atomic E-state index is 12.9. The number of piperazine rings is 1. The van der Waals surface area contributed by atoms with E-state index in [9.17, 15) is 13.2 Å². The normalized spacial score (nSPS) is 16.1. The number of alkyl halides is 3. The topological polar surface area (TPSA) is 60.9 Å². The third-order valence-corrected chi connectivity index (χ3v) is 5.21. The van der Waals surface area contributed by atoms with Gasteiger partial charge in [0, 0.05) is 37.4 Å². The largest absolute Gasteiger partial charge is 0.416 e. The highest BCUT2D eigenvalue weighted by molar-refractivity contribution is 5.76. The van der Waals surface area contributed by atoms with Gasteiger partial charge >= 0.3 is 6.18 Å². The molecule has 9 heteroatoms. The highest BCUT2D eigenvalue weighted by atomic mass is 19.4. The number of anilines is 1. The molecule has 3 aromatic rings. The second-order valence-corrected chi connectivity index (χ2v) is 7.08. The van der Waals surface area contributed by atoms with E-state index < -0.39 is 11.7 Å². The van der Waals surface area contributed by atoms with Crippen molar-refractivity contribution in [1.29, 1.82) is 0 Å². The highest BCUT2D eigenvalue weighted by Gasteiger charge is 2.30. The van der Waals surface area contributed by atoms with E-state index in [1.54, 1.807) is 6.33 Å². The van der Waals surface area contributed by atoms with E-state index in [4.69, 9.17) is 0 Å². The second kappa shape index (κ2) is 7.05. The number of nitrogens with zero attached hydrogens (tertiary/aromatic N) is 5. The number of imidazole rings is 1. The molecule has 148 valence electrons. The van der Waals surface area contributed by atoms with Gasteiger partial charge in [0.25, 0.3) is 0 Å². The van der Waals surface area contributed by atoms with E-state index in [1.165, 1.54) is 6.07 Å². The number of halogens is 3. The third kappa shape index (κ3) is 3.66. The molecule has 0 unspecified atom stereocenters. The maximum absolute atomic E-state index is 12.9. The van der Waals surface area contributed by atoms with E-state index in [2.05, 4.69) is 29.7 Å². The predicted octanol–water partition coefficient (Wildman–Crippen LogP) is 3.31. The number of nitrogens with one attached hydrogen (secondary N) is 1. The van der Waals surface area contributed by atoms with Crippen LogP contribution >= 0.6 is 0 Å². The molecule has 1 aliphatic heterocycles. The first kappa shape index (κ1) is 18.7. The molecular formula is C19H21F3N6. The molecule has 0 spiro atoms. The molecule has 4 rings (SSSR count). The van der Waals surface area contributed by atoms with Crippen molar-refractivity contribution < 1.29 is 13.2 Å². The fraction of sp³-hybridized carbons (Fsp3) is 0.421. The Hall–Kier alpha value is -2.68. The van der Waals surface area contributed by atoms with Gasteiger partial charge in [-0.25, -0.2) is 15.0 Å². The number of hydrogen-bond donors (Lipinski definition) is 1. The van der Waals surface area contributed by atoms with Crippen LogP contribution in [0.5, 0.6) is 0 Å². The van der Waals surface area contributed by atoms with Crippen LogP contribution in [0.2, 0.25) is 0 Å². The molecule has 1 N–H and O–H groups in total. The summed E-state index contributed by atoms with van der Waals surface area (Å²) in [6.45, 7) is 7.89. The van der Waals surface area contributed by atoms with Crippen LogP contribution in [-0.4, -0.2) is 51.0 Å². The minimum atomic E-state index is -4.35. The van der Waals surface area contributed by atoms with Crippen LogP contribution in [0.1, 0.15) is 22.6 Å². The van der Waals surface area contributed by atoms with Crippen molar-refractivity contribution in [2.24, 2.45) is 0 Å². The molecule has 6 nitrogen and oxygen atoms in total. The number of rotatable bonds is 3. The molecule has 28 heavy (non-hydrogen) atoms. The maximum Gasteiger partial charge on any atom is 0.416 e. The summed E-state index contributed by atoms with van der Waals surface area (Å²) in [7, 11) is 0. The molecule has 0 radical (unpaired) electrons. The number of fused-ring (bicyclic) bond motifs is 1.